The molecule has 118 valence electrons. The maximum atomic E-state index is 12.4. The summed E-state index contributed by atoms with van der Waals surface area (Å²) >= 11 is 0. The van der Waals surface area contributed by atoms with Crippen molar-refractivity contribution in [2.75, 3.05) is 13.2 Å². The molecule has 0 N–H and O–H groups in total. The van der Waals surface area contributed by atoms with Gasteiger partial charge in [-0.25, -0.2) is 0 Å². The van der Waals surface area contributed by atoms with Crippen LogP contribution in [0.1, 0.15) is 38.8 Å². The molecule has 0 saturated carbocycles. The number of ether oxygens (including phenoxy) is 2. The summed E-state index contributed by atoms with van der Waals surface area (Å²) in [6, 6.07) is 7.46. The standard InChI is InChI=1S/C18H22O4/c1-5-21-15(19)17(3)11-12-18(4,16(20)22-6-2)14-10-8-7-9-13(14)17/h7-12H,5-6H2,1-4H3. The smallest absolute Gasteiger partial charge is 0.320 e. The Balaban J connectivity index is 2.57. The number of hydrogen-bond acceptors (Lipinski definition) is 4. The molecule has 2 rings (SSSR count). The molecule has 0 heterocycles. The normalized spacial score (nSPS) is 26.2. The minimum Gasteiger partial charge on any atom is -0.465 e. The van der Waals surface area contributed by atoms with E-state index >= 15 is 0 Å². The molecule has 0 spiro atoms. The van der Waals surface area contributed by atoms with Gasteiger partial charge in [0.25, 0.3) is 0 Å². The Morgan fingerprint density at radius 1 is 0.864 bits per heavy atom. The quantitative estimate of drug-likeness (QED) is 0.634. The van der Waals surface area contributed by atoms with Crippen molar-refractivity contribution in [3.05, 3.63) is 47.5 Å². The average molecular weight is 302 g/mol. The van der Waals surface area contributed by atoms with Crippen molar-refractivity contribution in [2.45, 2.75) is 38.5 Å². The Labute approximate surface area is 131 Å². The second kappa shape index (κ2) is 5.95. The molecule has 0 bridgehead atoms. The van der Waals surface area contributed by atoms with Crippen molar-refractivity contribution in [1.29, 1.82) is 0 Å². The van der Waals surface area contributed by atoms with Crippen molar-refractivity contribution in [2.24, 2.45) is 0 Å². The van der Waals surface area contributed by atoms with Crippen LogP contribution in [0.15, 0.2) is 36.4 Å². The molecule has 4 heteroatoms. The highest BCUT2D eigenvalue weighted by molar-refractivity contribution is 5.92. The largest absolute Gasteiger partial charge is 0.465 e. The maximum Gasteiger partial charge on any atom is 0.320 e. The van der Waals surface area contributed by atoms with Crippen LogP contribution in [0.4, 0.5) is 0 Å². The van der Waals surface area contributed by atoms with Gasteiger partial charge >= 0.3 is 11.9 Å². The third-order valence-electron chi connectivity index (χ3n) is 4.20. The van der Waals surface area contributed by atoms with Gasteiger partial charge in [0.2, 0.25) is 0 Å². The first kappa shape index (κ1) is 16.3. The van der Waals surface area contributed by atoms with Gasteiger partial charge in [-0.2, -0.15) is 0 Å². The lowest BCUT2D eigenvalue weighted by Gasteiger charge is -2.37. The monoisotopic (exact) mass is 302 g/mol. The highest BCUT2D eigenvalue weighted by Crippen LogP contribution is 2.42. The fraction of sp³-hybridized carbons (Fsp3) is 0.444. The molecule has 2 unspecified atom stereocenters. The fourth-order valence-electron chi connectivity index (χ4n) is 2.82. The number of fused-ring (bicyclic) bond motifs is 1. The summed E-state index contributed by atoms with van der Waals surface area (Å²) in [5, 5.41) is 0. The van der Waals surface area contributed by atoms with Gasteiger partial charge in [-0.05, 0) is 38.8 Å². The minimum absolute atomic E-state index is 0.315. The molecule has 0 aromatic heterocycles. The molecular weight excluding hydrogens is 280 g/mol. The second-order valence-electron chi connectivity index (χ2n) is 5.72. The topological polar surface area (TPSA) is 52.6 Å². The molecule has 1 aliphatic carbocycles. The molecule has 22 heavy (non-hydrogen) atoms. The van der Waals surface area contributed by atoms with Gasteiger partial charge in [0, 0.05) is 0 Å². The molecule has 1 aromatic rings. The van der Waals surface area contributed by atoms with Crippen LogP contribution in [0.5, 0.6) is 0 Å². The van der Waals surface area contributed by atoms with Crippen LogP contribution in [0.3, 0.4) is 0 Å². The van der Waals surface area contributed by atoms with E-state index in [2.05, 4.69) is 0 Å². The summed E-state index contributed by atoms with van der Waals surface area (Å²) in [7, 11) is 0. The third kappa shape index (κ3) is 2.43. The van der Waals surface area contributed by atoms with E-state index < -0.39 is 10.8 Å². The average Bonchev–Trinajstić information content (AvgIpc) is 2.52. The van der Waals surface area contributed by atoms with Crippen LogP contribution in [-0.2, 0) is 29.9 Å². The van der Waals surface area contributed by atoms with Gasteiger partial charge in [-0.15, -0.1) is 0 Å². The van der Waals surface area contributed by atoms with Crippen molar-refractivity contribution >= 4 is 11.9 Å². The van der Waals surface area contributed by atoms with Crippen LogP contribution in [-0.4, -0.2) is 25.2 Å². The van der Waals surface area contributed by atoms with E-state index in [4.69, 9.17) is 9.47 Å². The maximum absolute atomic E-state index is 12.4. The van der Waals surface area contributed by atoms with Crippen LogP contribution in [0, 0.1) is 0 Å². The summed E-state index contributed by atoms with van der Waals surface area (Å²) in [6.45, 7) is 7.82. The number of rotatable bonds is 4. The fourth-order valence-corrected chi connectivity index (χ4v) is 2.82. The first-order chi connectivity index (χ1) is 10.4. The summed E-state index contributed by atoms with van der Waals surface area (Å²) < 4.78 is 10.4. The van der Waals surface area contributed by atoms with Gasteiger partial charge in [-0.1, -0.05) is 36.4 Å². The molecule has 0 radical (unpaired) electrons. The zero-order valence-corrected chi connectivity index (χ0v) is 13.5. The van der Waals surface area contributed by atoms with Gasteiger partial charge in [0.05, 0.1) is 13.2 Å². The predicted molar refractivity (Wildman–Crippen MR) is 83.6 cm³/mol. The number of carbonyl (C=O) groups excluding carboxylic acids is 2. The van der Waals surface area contributed by atoms with E-state index in [0.717, 1.165) is 11.1 Å². The lowest BCUT2D eigenvalue weighted by molar-refractivity contribution is -0.150. The van der Waals surface area contributed by atoms with E-state index in [1.54, 1.807) is 26.0 Å². The van der Waals surface area contributed by atoms with Crippen molar-refractivity contribution in [3.63, 3.8) is 0 Å². The van der Waals surface area contributed by atoms with Crippen LogP contribution >= 0.6 is 0 Å². The van der Waals surface area contributed by atoms with Gasteiger partial charge in [0.1, 0.15) is 10.8 Å². The number of carbonyl (C=O) groups is 2. The molecule has 0 fully saturated rings. The van der Waals surface area contributed by atoms with Gasteiger partial charge in [0.15, 0.2) is 0 Å². The van der Waals surface area contributed by atoms with Crippen LogP contribution in [0.2, 0.25) is 0 Å². The van der Waals surface area contributed by atoms with Crippen molar-refractivity contribution < 1.29 is 19.1 Å². The third-order valence-corrected chi connectivity index (χ3v) is 4.20. The summed E-state index contributed by atoms with van der Waals surface area (Å²) in [5.41, 5.74) is -0.213. The number of hydrogen-bond donors (Lipinski definition) is 0. The highest BCUT2D eigenvalue weighted by atomic mass is 16.5. The van der Waals surface area contributed by atoms with E-state index in [0.29, 0.717) is 13.2 Å². The number of benzene rings is 1. The van der Waals surface area contributed by atoms with E-state index in [1.807, 2.05) is 38.1 Å². The second-order valence-corrected chi connectivity index (χ2v) is 5.72. The van der Waals surface area contributed by atoms with Gasteiger partial charge in [-0.3, -0.25) is 9.59 Å². The minimum atomic E-state index is -0.890. The zero-order valence-electron chi connectivity index (χ0n) is 13.5. The van der Waals surface area contributed by atoms with Crippen molar-refractivity contribution in [1.82, 2.24) is 0 Å². The SMILES string of the molecule is CCOC(=O)C1(C)C=CC(C)(C(=O)OCC)c2ccccc21. The lowest BCUT2D eigenvalue weighted by Crippen LogP contribution is -2.43. The predicted octanol–water partition coefficient (Wildman–Crippen LogP) is 2.90. The molecule has 0 aliphatic heterocycles. The molecule has 0 amide bonds. The molecule has 1 aliphatic rings. The van der Waals surface area contributed by atoms with Crippen LogP contribution in [0.25, 0.3) is 0 Å². The Morgan fingerprint density at radius 2 is 1.23 bits per heavy atom. The molecule has 2 atom stereocenters. The number of esters is 2. The van der Waals surface area contributed by atoms with E-state index in [9.17, 15) is 9.59 Å². The Morgan fingerprint density at radius 3 is 1.55 bits per heavy atom. The molecule has 4 nitrogen and oxygen atoms in total. The first-order valence-electron chi connectivity index (χ1n) is 7.55. The lowest BCUT2D eigenvalue weighted by atomic mass is 9.66. The molecule has 1 aromatic carbocycles. The van der Waals surface area contributed by atoms with Crippen molar-refractivity contribution in [3.8, 4) is 0 Å². The molecule has 0 saturated heterocycles. The molecular formula is C18H22O4. The van der Waals surface area contributed by atoms with E-state index in [1.165, 1.54) is 0 Å². The zero-order chi connectivity index (χ0) is 16.4. The summed E-state index contributed by atoms with van der Waals surface area (Å²) in [5.74, 6) is -0.630. The Hall–Kier alpha value is -2.10. The van der Waals surface area contributed by atoms with Gasteiger partial charge < -0.3 is 9.47 Å². The Kier molecular flexibility index (Phi) is 4.40. The highest BCUT2D eigenvalue weighted by Gasteiger charge is 2.47. The summed E-state index contributed by atoms with van der Waals surface area (Å²) in [4.78, 5) is 24.8. The van der Waals surface area contributed by atoms with E-state index in [-0.39, 0.29) is 11.9 Å². The Bertz CT molecular complexity index is 566. The van der Waals surface area contributed by atoms with Crippen LogP contribution < -0.4 is 0 Å². The summed E-state index contributed by atoms with van der Waals surface area (Å²) in [6.07, 6.45) is 3.51. The first-order valence-corrected chi connectivity index (χ1v) is 7.55.